The lowest BCUT2D eigenvalue weighted by atomic mass is 10.2. The maximum absolute atomic E-state index is 11.0. The molecule has 2 rings (SSSR count). The molecule has 7 nitrogen and oxygen atoms in total. The molecule has 0 aliphatic heterocycles. The number of aryl methyl sites for hydroxylation is 1. The van der Waals surface area contributed by atoms with Crippen molar-refractivity contribution < 1.29 is 9.66 Å². The summed E-state index contributed by atoms with van der Waals surface area (Å²) in [5.74, 6) is 0.698. The second-order valence-corrected chi connectivity index (χ2v) is 4.23. The largest absolute Gasteiger partial charge is 0.431 e. The van der Waals surface area contributed by atoms with Crippen LogP contribution in [0.1, 0.15) is 18.1 Å². The highest BCUT2D eigenvalue weighted by Gasteiger charge is 2.18. The molecule has 0 aliphatic rings. The van der Waals surface area contributed by atoms with Crippen molar-refractivity contribution in [2.24, 2.45) is 0 Å². The van der Waals surface area contributed by atoms with Gasteiger partial charge in [0, 0.05) is 6.07 Å². The molecule has 0 atom stereocenters. The smallest absolute Gasteiger partial charge is 0.311 e. The number of benzene rings is 1. The Labute approximate surface area is 115 Å². The number of nitro groups is 1. The lowest BCUT2D eigenvalue weighted by molar-refractivity contribution is -0.385. The van der Waals surface area contributed by atoms with Crippen LogP contribution in [-0.2, 0) is 6.42 Å². The van der Waals surface area contributed by atoms with Crippen LogP contribution >= 0.6 is 0 Å². The molecule has 0 saturated carbocycles. The van der Waals surface area contributed by atoms with Gasteiger partial charge in [-0.15, -0.1) is 0 Å². The molecular formula is C13H14N4O3. The molecule has 2 N–H and O–H groups in total. The van der Waals surface area contributed by atoms with Crippen molar-refractivity contribution in [1.29, 1.82) is 0 Å². The van der Waals surface area contributed by atoms with Crippen molar-refractivity contribution in [2.75, 3.05) is 5.73 Å². The van der Waals surface area contributed by atoms with E-state index in [1.165, 1.54) is 12.4 Å². The standard InChI is InChI=1S/C13H14N4O3/c1-3-9-12(14)15-7-16-13(9)20-11-6-8(2)4-5-10(11)17(18)19/h4-7H,3H2,1-2H3,(H2,14,15,16). The first kappa shape index (κ1) is 13.7. The van der Waals surface area contributed by atoms with Crippen LogP contribution in [0.15, 0.2) is 24.5 Å². The van der Waals surface area contributed by atoms with Gasteiger partial charge in [-0.2, -0.15) is 0 Å². The molecule has 104 valence electrons. The fourth-order valence-corrected chi connectivity index (χ4v) is 1.79. The zero-order valence-corrected chi connectivity index (χ0v) is 11.2. The first-order valence-electron chi connectivity index (χ1n) is 6.05. The van der Waals surface area contributed by atoms with Crippen LogP contribution in [0.5, 0.6) is 11.6 Å². The number of nitro benzene ring substituents is 1. The van der Waals surface area contributed by atoms with Crippen molar-refractivity contribution in [3.05, 3.63) is 45.8 Å². The van der Waals surface area contributed by atoms with Crippen molar-refractivity contribution >= 4 is 11.5 Å². The lowest BCUT2D eigenvalue weighted by Crippen LogP contribution is -2.03. The number of rotatable bonds is 4. The zero-order chi connectivity index (χ0) is 14.7. The van der Waals surface area contributed by atoms with Gasteiger partial charge in [-0.3, -0.25) is 10.1 Å². The van der Waals surface area contributed by atoms with E-state index in [4.69, 9.17) is 10.5 Å². The topological polar surface area (TPSA) is 104 Å². The predicted molar refractivity (Wildman–Crippen MR) is 73.7 cm³/mol. The number of ether oxygens (including phenoxy) is 1. The van der Waals surface area contributed by atoms with Crippen LogP contribution in [0.2, 0.25) is 0 Å². The predicted octanol–water partition coefficient (Wildman–Crippen LogP) is 2.63. The summed E-state index contributed by atoms with van der Waals surface area (Å²) in [5.41, 5.74) is 7.11. The summed E-state index contributed by atoms with van der Waals surface area (Å²) in [5, 5.41) is 11.0. The maximum Gasteiger partial charge on any atom is 0.311 e. The van der Waals surface area contributed by atoms with Gasteiger partial charge in [0.2, 0.25) is 11.6 Å². The molecule has 0 saturated heterocycles. The van der Waals surface area contributed by atoms with Crippen LogP contribution in [-0.4, -0.2) is 14.9 Å². The Morgan fingerprint density at radius 3 is 2.80 bits per heavy atom. The summed E-state index contributed by atoms with van der Waals surface area (Å²) in [6, 6.07) is 4.65. The Bertz CT molecular complexity index is 658. The first-order chi connectivity index (χ1) is 9.52. The van der Waals surface area contributed by atoms with Gasteiger partial charge in [-0.1, -0.05) is 13.0 Å². The van der Waals surface area contributed by atoms with Crippen LogP contribution in [0.4, 0.5) is 11.5 Å². The fraction of sp³-hybridized carbons (Fsp3) is 0.231. The minimum atomic E-state index is -0.495. The van der Waals surface area contributed by atoms with E-state index in [1.807, 2.05) is 13.8 Å². The van der Waals surface area contributed by atoms with Crippen LogP contribution < -0.4 is 10.5 Å². The minimum Gasteiger partial charge on any atom is -0.431 e. The second-order valence-electron chi connectivity index (χ2n) is 4.23. The molecule has 1 heterocycles. The van der Waals surface area contributed by atoms with Gasteiger partial charge in [-0.25, -0.2) is 9.97 Å². The minimum absolute atomic E-state index is 0.116. The van der Waals surface area contributed by atoms with E-state index in [2.05, 4.69) is 9.97 Å². The molecule has 20 heavy (non-hydrogen) atoms. The zero-order valence-electron chi connectivity index (χ0n) is 11.2. The lowest BCUT2D eigenvalue weighted by Gasteiger charge is -2.10. The molecular weight excluding hydrogens is 260 g/mol. The van der Waals surface area contributed by atoms with Crippen LogP contribution in [0.25, 0.3) is 0 Å². The SMILES string of the molecule is CCc1c(N)ncnc1Oc1cc(C)ccc1[N+](=O)[O-]. The summed E-state index contributed by atoms with van der Waals surface area (Å²) in [6.07, 6.45) is 1.84. The van der Waals surface area contributed by atoms with E-state index >= 15 is 0 Å². The van der Waals surface area contributed by atoms with E-state index in [1.54, 1.807) is 12.1 Å². The summed E-state index contributed by atoms with van der Waals surface area (Å²) in [6.45, 7) is 3.71. The number of nitrogens with two attached hydrogens (primary N) is 1. The number of aromatic nitrogens is 2. The van der Waals surface area contributed by atoms with Crippen LogP contribution in [0.3, 0.4) is 0 Å². The van der Waals surface area contributed by atoms with Gasteiger partial charge in [0.1, 0.15) is 12.1 Å². The normalized spacial score (nSPS) is 10.3. The maximum atomic E-state index is 11.0. The average Bonchev–Trinajstić information content (AvgIpc) is 2.38. The number of hydrogen-bond acceptors (Lipinski definition) is 6. The second kappa shape index (κ2) is 5.52. The Hall–Kier alpha value is -2.70. The summed E-state index contributed by atoms with van der Waals surface area (Å²) in [4.78, 5) is 18.4. The van der Waals surface area contributed by atoms with E-state index in [9.17, 15) is 10.1 Å². The molecule has 0 bridgehead atoms. The van der Waals surface area contributed by atoms with Gasteiger partial charge < -0.3 is 10.5 Å². The summed E-state index contributed by atoms with van der Waals surface area (Å²) < 4.78 is 5.58. The molecule has 0 unspecified atom stereocenters. The highest BCUT2D eigenvalue weighted by Crippen LogP contribution is 2.33. The third kappa shape index (κ3) is 2.66. The fourth-order valence-electron chi connectivity index (χ4n) is 1.79. The average molecular weight is 274 g/mol. The molecule has 0 fully saturated rings. The van der Waals surface area contributed by atoms with Gasteiger partial charge in [-0.05, 0) is 25.0 Å². The Morgan fingerprint density at radius 2 is 2.15 bits per heavy atom. The number of anilines is 1. The van der Waals surface area contributed by atoms with Gasteiger partial charge >= 0.3 is 5.69 Å². The molecule has 7 heteroatoms. The molecule has 0 aliphatic carbocycles. The third-order valence-electron chi connectivity index (χ3n) is 2.81. The van der Waals surface area contributed by atoms with Crippen molar-refractivity contribution in [1.82, 2.24) is 9.97 Å². The highest BCUT2D eigenvalue weighted by molar-refractivity contribution is 5.52. The van der Waals surface area contributed by atoms with Crippen molar-refractivity contribution in [2.45, 2.75) is 20.3 Å². The quantitative estimate of drug-likeness (QED) is 0.678. The van der Waals surface area contributed by atoms with E-state index < -0.39 is 4.92 Å². The Morgan fingerprint density at radius 1 is 1.40 bits per heavy atom. The van der Waals surface area contributed by atoms with Gasteiger partial charge in [0.15, 0.2) is 0 Å². The monoisotopic (exact) mass is 274 g/mol. The molecule has 0 radical (unpaired) electrons. The summed E-state index contributed by atoms with van der Waals surface area (Å²) in [7, 11) is 0. The molecule has 1 aromatic heterocycles. The summed E-state index contributed by atoms with van der Waals surface area (Å²) >= 11 is 0. The number of nitrogens with zero attached hydrogens (tertiary/aromatic N) is 3. The molecule has 2 aromatic rings. The molecule has 1 aromatic carbocycles. The van der Waals surface area contributed by atoms with Crippen LogP contribution in [0, 0.1) is 17.0 Å². The van der Waals surface area contributed by atoms with E-state index in [0.29, 0.717) is 17.8 Å². The molecule has 0 spiro atoms. The van der Waals surface area contributed by atoms with Crippen molar-refractivity contribution in [3.63, 3.8) is 0 Å². The number of hydrogen-bond donors (Lipinski definition) is 1. The third-order valence-corrected chi connectivity index (χ3v) is 2.81. The van der Waals surface area contributed by atoms with E-state index in [0.717, 1.165) is 5.56 Å². The van der Waals surface area contributed by atoms with E-state index in [-0.39, 0.29) is 17.3 Å². The molecule has 0 amide bonds. The highest BCUT2D eigenvalue weighted by atomic mass is 16.6. The number of nitrogen functional groups attached to an aromatic ring is 1. The van der Waals surface area contributed by atoms with Gasteiger partial charge in [0.05, 0.1) is 10.5 Å². The first-order valence-corrected chi connectivity index (χ1v) is 6.05. The Kier molecular flexibility index (Phi) is 3.79. The Balaban J connectivity index is 2.47. The van der Waals surface area contributed by atoms with Gasteiger partial charge in [0.25, 0.3) is 0 Å². The van der Waals surface area contributed by atoms with Crippen molar-refractivity contribution in [3.8, 4) is 11.6 Å².